The van der Waals surface area contributed by atoms with Gasteiger partial charge in [0.1, 0.15) is 11.6 Å². The van der Waals surface area contributed by atoms with Crippen molar-refractivity contribution in [3.63, 3.8) is 0 Å². The van der Waals surface area contributed by atoms with Crippen LogP contribution in [0.3, 0.4) is 0 Å². The minimum atomic E-state index is -0.188. The Labute approximate surface area is 140 Å². The lowest BCUT2D eigenvalue weighted by molar-refractivity contribution is -0.111. The summed E-state index contributed by atoms with van der Waals surface area (Å²) in [6.07, 6.45) is 9.38. The zero-order valence-corrected chi connectivity index (χ0v) is 13.4. The van der Waals surface area contributed by atoms with Crippen LogP contribution < -0.4 is 5.32 Å². The first-order valence-electron chi connectivity index (χ1n) is 8.31. The van der Waals surface area contributed by atoms with E-state index in [2.05, 4.69) is 9.88 Å². The third-order valence-corrected chi connectivity index (χ3v) is 4.32. The number of furan rings is 1. The predicted octanol–water partition coefficient (Wildman–Crippen LogP) is 4.01. The van der Waals surface area contributed by atoms with E-state index < -0.39 is 0 Å². The molecule has 0 saturated heterocycles. The van der Waals surface area contributed by atoms with Crippen LogP contribution in [0.25, 0.3) is 17.1 Å². The van der Waals surface area contributed by atoms with E-state index in [0.717, 1.165) is 35.5 Å². The van der Waals surface area contributed by atoms with Gasteiger partial charge < -0.3 is 14.3 Å². The Morgan fingerprint density at radius 3 is 3.08 bits per heavy atom. The number of hydrogen-bond donors (Lipinski definition) is 1. The molecule has 1 amide bonds. The Kier molecular flexibility index (Phi) is 3.91. The van der Waals surface area contributed by atoms with Gasteiger partial charge in [0.25, 0.3) is 0 Å². The van der Waals surface area contributed by atoms with Gasteiger partial charge in [-0.25, -0.2) is 4.98 Å². The van der Waals surface area contributed by atoms with Gasteiger partial charge in [-0.2, -0.15) is 0 Å². The molecule has 24 heavy (non-hydrogen) atoms. The number of fused-ring (bicyclic) bond motifs is 3. The normalized spacial score (nSPS) is 14.7. The van der Waals surface area contributed by atoms with Crippen LogP contribution in [0.2, 0.25) is 0 Å². The molecule has 0 radical (unpaired) electrons. The third kappa shape index (κ3) is 2.97. The second-order valence-electron chi connectivity index (χ2n) is 6.03. The van der Waals surface area contributed by atoms with E-state index in [0.29, 0.717) is 5.76 Å². The molecule has 0 fully saturated rings. The van der Waals surface area contributed by atoms with Crippen LogP contribution in [0.1, 0.15) is 30.8 Å². The van der Waals surface area contributed by atoms with E-state index in [1.165, 1.54) is 25.3 Å². The molecule has 4 rings (SSSR count). The van der Waals surface area contributed by atoms with Gasteiger partial charge >= 0.3 is 0 Å². The fraction of sp³-hybridized carbons (Fsp3) is 0.263. The molecule has 0 unspecified atom stereocenters. The highest BCUT2D eigenvalue weighted by Gasteiger charge is 2.13. The lowest BCUT2D eigenvalue weighted by atomic mass is 10.2. The molecular weight excluding hydrogens is 302 g/mol. The number of nitrogens with zero attached hydrogens (tertiary/aromatic N) is 2. The molecule has 0 spiro atoms. The van der Waals surface area contributed by atoms with Gasteiger partial charge in [-0.05, 0) is 49.2 Å². The van der Waals surface area contributed by atoms with Crippen LogP contribution in [0.15, 0.2) is 47.1 Å². The molecule has 122 valence electrons. The van der Waals surface area contributed by atoms with E-state index in [1.807, 2.05) is 18.2 Å². The van der Waals surface area contributed by atoms with Crippen molar-refractivity contribution in [1.29, 1.82) is 0 Å². The molecule has 1 aliphatic rings. The van der Waals surface area contributed by atoms with Crippen LogP contribution in [-0.4, -0.2) is 15.5 Å². The van der Waals surface area contributed by atoms with Gasteiger partial charge in [-0.15, -0.1) is 0 Å². The highest BCUT2D eigenvalue weighted by atomic mass is 16.3. The van der Waals surface area contributed by atoms with Crippen molar-refractivity contribution in [3.05, 3.63) is 54.3 Å². The van der Waals surface area contributed by atoms with Gasteiger partial charge in [0.2, 0.25) is 5.91 Å². The molecule has 0 saturated carbocycles. The lowest BCUT2D eigenvalue weighted by Crippen LogP contribution is -2.07. The molecular formula is C19H19N3O2. The quantitative estimate of drug-likeness (QED) is 0.742. The Bertz CT molecular complexity index is 891. The maximum Gasteiger partial charge on any atom is 0.248 e. The van der Waals surface area contributed by atoms with Crippen LogP contribution in [-0.2, 0) is 17.8 Å². The number of nitrogens with one attached hydrogen (secondary N) is 1. The van der Waals surface area contributed by atoms with Crippen molar-refractivity contribution >= 4 is 28.7 Å². The Balaban J connectivity index is 1.54. The number of aromatic nitrogens is 2. The van der Waals surface area contributed by atoms with E-state index in [-0.39, 0.29) is 5.91 Å². The molecule has 2 aromatic heterocycles. The van der Waals surface area contributed by atoms with Crippen LogP contribution in [0.4, 0.5) is 5.69 Å². The minimum Gasteiger partial charge on any atom is -0.465 e. The van der Waals surface area contributed by atoms with E-state index in [9.17, 15) is 4.79 Å². The molecule has 0 bridgehead atoms. The van der Waals surface area contributed by atoms with Crippen molar-refractivity contribution in [2.24, 2.45) is 0 Å². The number of amides is 1. The molecule has 1 aromatic carbocycles. The van der Waals surface area contributed by atoms with E-state index >= 15 is 0 Å². The van der Waals surface area contributed by atoms with E-state index in [4.69, 9.17) is 9.40 Å². The molecule has 5 heteroatoms. The topological polar surface area (TPSA) is 60.1 Å². The van der Waals surface area contributed by atoms with E-state index in [1.54, 1.807) is 24.5 Å². The first kappa shape index (κ1) is 14.8. The standard InChI is InChI=1S/C19H19N3O2/c23-19(10-8-15-5-4-12-24-15)20-14-7-9-17-16(13-14)21-18-6-2-1-3-11-22(17)18/h4-5,7-10,12-13H,1-3,6,11H2,(H,20,23). The number of anilines is 1. The van der Waals surface area contributed by atoms with Crippen molar-refractivity contribution in [2.45, 2.75) is 32.2 Å². The molecule has 3 aromatic rings. The molecule has 3 heterocycles. The van der Waals surface area contributed by atoms with Gasteiger partial charge in [0.15, 0.2) is 0 Å². The van der Waals surface area contributed by atoms with Crippen molar-refractivity contribution < 1.29 is 9.21 Å². The van der Waals surface area contributed by atoms with Gasteiger partial charge in [-0.3, -0.25) is 4.79 Å². The second kappa shape index (κ2) is 6.35. The molecule has 0 atom stereocenters. The first-order chi connectivity index (χ1) is 11.8. The number of benzene rings is 1. The summed E-state index contributed by atoms with van der Waals surface area (Å²) in [7, 11) is 0. The average Bonchev–Trinajstić information content (AvgIpc) is 3.15. The summed E-state index contributed by atoms with van der Waals surface area (Å²) in [4.78, 5) is 16.8. The SMILES string of the molecule is O=C(C=Cc1ccco1)Nc1ccc2c(c1)nc1n2CCCCC1. The lowest BCUT2D eigenvalue weighted by Gasteiger charge is -2.05. The summed E-state index contributed by atoms with van der Waals surface area (Å²) in [5, 5.41) is 2.87. The van der Waals surface area contributed by atoms with Crippen LogP contribution in [0, 0.1) is 0 Å². The number of aryl methyl sites for hydroxylation is 2. The molecule has 5 nitrogen and oxygen atoms in total. The highest BCUT2D eigenvalue weighted by molar-refractivity contribution is 6.02. The summed E-state index contributed by atoms with van der Waals surface area (Å²) in [6, 6.07) is 9.50. The predicted molar refractivity (Wildman–Crippen MR) is 93.7 cm³/mol. The maximum atomic E-state index is 12.0. The number of hydrogen-bond acceptors (Lipinski definition) is 3. The fourth-order valence-corrected chi connectivity index (χ4v) is 3.16. The first-order valence-corrected chi connectivity index (χ1v) is 8.31. The summed E-state index contributed by atoms with van der Waals surface area (Å²) in [6.45, 7) is 1.03. The smallest absolute Gasteiger partial charge is 0.248 e. The minimum absolute atomic E-state index is 0.188. The van der Waals surface area contributed by atoms with Gasteiger partial charge in [0, 0.05) is 24.7 Å². The Hall–Kier alpha value is -2.82. The summed E-state index contributed by atoms with van der Waals surface area (Å²) in [5.74, 6) is 1.62. The fourth-order valence-electron chi connectivity index (χ4n) is 3.16. The highest BCUT2D eigenvalue weighted by Crippen LogP contribution is 2.24. The largest absolute Gasteiger partial charge is 0.465 e. The zero-order valence-electron chi connectivity index (χ0n) is 13.4. The summed E-state index contributed by atoms with van der Waals surface area (Å²) < 4.78 is 7.48. The Morgan fingerprint density at radius 1 is 1.25 bits per heavy atom. The third-order valence-electron chi connectivity index (χ3n) is 4.32. The van der Waals surface area contributed by atoms with Crippen molar-refractivity contribution in [1.82, 2.24) is 9.55 Å². The number of rotatable bonds is 3. The number of carbonyl (C=O) groups excluding carboxylic acids is 1. The Morgan fingerprint density at radius 2 is 2.21 bits per heavy atom. The number of carbonyl (C=O) groups is 1. The number of imidazole rings is 1. The molecule has 0 aliphatic carbocycles. The average molecular weight is 321 g/mol. The maximum absolute atomic E-state index is 12.0. The van der Waals surface area contributed by atoms with Crippen LogP contribution >= 0.6 is 0 Å². The monoisotopic (exact) mass is 321 g/mol. The molecule has 1 aliphatic heterocycles. The zero-order chi connectivity index (χ0) is 16.4. The molecule has 1 N–H and O–H groups in total. The summed E-state index contributed by atoms with van der Waals surface area (Å²) >= 11 is 0. The van der Waals surface area contributed by atoms with Gasteiger partial charge in [0.05, 0.1) is 17.3 Å². The van der Waals surface area contributed by atoms with Crippen molar-refractivity contribution in [3.8, 4) is 0 Å². The van der Waals surface area contributed by atoms with Gasteiger partial charge in [-0.1, -0.05) is 6.42 Å². The van der Waals surface area contributed by atoms with Crippen LogP contribution in [0.5, 0.6) is 0 Å². The van der Waals surface area contributed by atoms with Crippen molar-refractivity contribution in [2.75, 3.05) is 5.32 Å². The second-order valence-corrected chi connectivity index (χ2v) is 6.03. The summed E-state index contributed by atoms with van der Waals surface area (Å²) in [5.41, 5.74) is 2.85.